The molecule has 0 aliphatic carbocycles. The minimum absolute atomic E-state index is 0.00962. The van der Waals surface area contributed by atoms with Crippen molar-refractivity contribution in [1.29, 1.82) is 0 Å². The molecule has 0 aromatic rings. The SMILES string of the molecule is CCCCCCCCCCCCCCCCCC(=O)C(N)C(C(=O)CCCCCCCCCCCCCCCCC)C(C)(C)CCO. The standard InChI is InChI=1S/C43H85NO3/c1-5-7-9-11-13-15-17-19-21-23-25-27-29-31-33-35-39(46)41(43(3,4)37-38-45)42(44)40(47)36-34-32-30-28-26-24-22-20-18-16-14-12-10-8-6-2/h41-42,45H,5-38,44H2,1-4H3. The Bertz CT molecular complexity index is 691. The Morgan fingerprint density at radius 1 is 0.468 bits per heavy atom. The predicted octanol–water partition coefficient (Wildman–Crippen LogP) is 13.0. The second-order valence-corrected chi connectivity index (χ2v) is 15.8. The topological polar surface area (TPSA) is 80.4 Å². The molecule has 4 nitrogen and oxygen atoms in total. The van der Waals surface area contributed by atoms with E-state index >= 15 is 0 Å². The molecule has 0 aliphatic heterocycles. The third-order valence-electron chi connectivity index (χ3n) is 10.7. The second-order valence-electron chi connectivity index (χ2n) is 15.8. The molecule has 0 fully saturated rings. The first kappa shape index (κ1) is 46.3. The maximum absolute atomic E-state index is 13.4. The molecule has 0 spiro atoms. The molecular weight excluding hydrogens is 578 g/mol. The van der Waals surface area contributed by atoms with E-state index in [1.54, 1.807) is 0 Å². The quantitative estimate of drug-likeness (QED) is 0.0644. The molecule has 3 N–H and O–H groups in total. The van der Waals surface area contributed by atoms with Gasteiger partial charge in [-0.15, -0.1) is 0 Å². The fourth-order valence-corrected chi connectivity index (χ4v) is 7.41. The van der Waals surface area contributed by atoms with Crippen molar-refractivity contribution < 1.29 is 14.7 Å². The molecule has 4 heteroatoms. The monoisotopic (exact) mass is 664 g/mol. The number of hydrogen-bond acceptors (Lipinski definition) is 4. The molecule has 0 aromatic heterocycles. The minimum Gasteiger partial charge on any atom is -0.396 e. The lowest BCUT2D eigenvalue weighted by Crippen LogP contribution is -2.49. The highest BCUT2D eigenvalue weighted by molar-refractivity contribution is 5.92. The van der Waals surface area contributed by atoms with Crippen LogP contribution >= 0.6 is 0 Å². The molecule has 0 radical (unpaired) electrons. The molecule has 0 amide bonds. The van der Waals surface area contributed by atoms with Crippen LogP contribution in [0, 0.1) is 11.3 Å². The van der Waals surface area contributed by atoms with Crippen molar-refractivity contribution in [3.8, 4) is 0 Å². The van der Waals surface area contributed by atoms with E-state index in [1.807, 2.05) is 13.8 Å². The number of aliphatic hydroxyl groups is 1. The Hall–Kier alpha value is -0.740. The molecule has 2 atom stereocenters. The summed E-state index contributed by atoms with van der Waals surface area (Å²) in [6.07, 6.45) is 40.5. The predicted molar refractivity (Wildman–Crippen MR) is 206 cm³/mol. The number of nitrogens with two attached hydrogens (primary N) is 1. The van der Waals surface area contributed by atoms with Crippen LogP contribution in [-0.4, -0.2) is 29.3 Å². The van der Waals surface area contributed by atoms with Crippen LogP contribution in [0.15, 0.2) is 0 Å². The van der Waals surface area contributed by atoms with Gasteiger partial charge >= 0.3 is 0 Å². The summed E-state index contributed by atoms with van der Waals surface area (Å²) in [5.41, 5.74) is 6.06. The third-order valence-corrected chi connectivity index (χ3v) is 10.7. The molecule has 0 saturated heterocycles. The average Bonchev–Trinajstić information content (AvgIpc) is 3.04. The third kappa shape index (κ3) is 27.7. The summed E-state index contributed by atoms with van der Waals surface area (Å²) < 4.78 is 0. The number of aliphatic hydroxyl groups excluding tert-OH is 1. The Morgan fingerprint density at radius 3 is 1.00 bits per heavy atom. The van der Waals surface area contributed by atoms with Gasteiger partial charge in [0.05, 0.1) is 6.04 Å². The summed E-state index contributed by atoms with van der Waals surface area (Å²) in [5.74, 6) is -0.360. The van der Waals surface area contributed by atoms with Gasteiger partial charge in [-0.25, -0.2) is 0 Å². The van der Waals surface area contributed by atoms with Gasteiger partial charge < -0.3 is 10.8 Å². The maximum Gasteiger partial charge on any atom is 0.150 e. The van der Waals surface area contributed by atoms with Gasteiger partial charge in [0.2, 0.25) is 0 Å². The summed E-state index contributed by atoms with van der Waals surface area (Å²) in [7, 11) is 0. The Morgan fingerprint density at radius 2 is 0.723 bits per heavy atom. The molecule has 0 aliphatic rings. The van der Waals surface area contributed by atoms with Crippen LogP contribution in [-0.2, 0) is 9.59 Å². The number of carbonyl (C=O) groups excluding carboxylic acids is 2. The Kier molecular flexibility index (Phi) is 33.2. The van der Waals surface area contributed by atoms with Gasteiger partial charge in [0, 0.05) is 25.4 Å². The van der Waals surface area contributed by atoms with Crippen molar-refractivity contribution >= 4 is 11.6 Å². The molecule has 2 unspecified atom stereocenters. The first-order chi connectivity index (χ1) is 22.8. The van der Waals surface area contributed by atoms with Gasteiger partial charge in [-0.3, -0.25) is 9.59 Å². The van der Waals surface area contributed by atoms with Crippen LogP contribution in [0.3, 0.4) is 0 Å². The highest BCUT2D eigenvalue weighted by Crippen LogP contribution is 2.35. The highest BCUT2D eigenvalue weighted by Gasteiger charge is 2.40. The molecule has 0 rings (SSSR count). The summed E-state index contributed by atoms with van der Waals surface area (Å²) in [4.78, 5) is 26.6. The van der Waals surface area contributed by atoms with Crippen LogP contribution in [0.1, 0.15) is 240 Å². The van der Waals surface area contributed by atoms with E-state index in [2.05, 4.69) is 13.8 Å². The number of unbranched alkanes of at least 4 members (excludes halogenated alkanes) is 28. The van der Waals surface area contributed by atoms with E-state index in [4.69, 9.17) is 5.73 Å². The van der Waals surface area contributed by atoms with Crippen molar-refractivity contribution in [2.75, 3.05) is 6.61 Å². The van der Waals surface area contributed by atoms with Crippen molar-refractivity contribution in [2.24, 2.45) is 17.1 Å². The van der Waals surface area contributed by atoms with Crippen molar-refractivity contribution in [1.82, 2.24) is 0 Å². The zero-order chi connectivity index (χ0) is 34.9. The van der Waals surface area contributed by atoms with Crippen molar-refractivity contribution in [3.05, 3.63) is 0 Å². The molecule has 0 aromatic carbocycles. The normalized spacial score (nSPS) is 13.2. The number of carbonyl (C=O) groups is 2. The second kappa shape index (κ2) is 33.7. The zero-order valence-corrected chi connectivity index (χ0v) is 32.5. The first-order valence-electron chi connectivity index (χ1n) is 21.2. The Balaban J connectivity index is 4.12. The summed E-state index contributed by atoms with van der Waals surface area (Å²) in [6.45, 7) is 8.56. The molecule has 0 heterocycles. The van der Waals surface area contributed by atoms with Crippen LogP contribution in [0.25, 0.3) is 0 Å². The molecule has 280 valence electrons. The molecule has 0 saturated carbocycles. The summed E-state index contributed by atoms with van der Waals surface area (Å²) in [6, 6.07) is -0.757. The first-order valence-corrected chi connectivity index (χ1v) is 21.2. The van der Waals surface area contributed by atoms with E-state index in [1.165, 1.54) is 167 Å². The van der Waals surface area contributed by atoms with Gasteiger partial charge in [-0.2, -0.15) is 0 Å². The van der Waals surface area contributed by atoms with Crippen LogP contribution in [0.2, 0.25) is 0 Å². The van der Waals surface area contributed by atoms with E-state index < -0.39 is 17.4 Å². The van der Waals surface area contributed by atoms with Gasteiger partial charge in [-0.05, 0) is 24.7 Å². The Labute approximate surface area is 295 Å². The van der Waals surface area contributed by atoms with E-state index in [-0.39, 0.29) is 18.2 Å². The number of rotatable bonds is 38. The van der Waals surface area contributed by atoms with Crippen LogP contribution in [0.4, 0.5) is 0 Å². The van der Waals surface area contributed by atoms with E-state index in [0.29, 0.717) is 19.3 Å². The smallest absolute Gasteiger partial charge is 0.150 e. The van der Waals surface area contributed by atoms with E-state index in [0.717, 1.165) is 25.7 Å². The van der Waals surface area contributed by atoms with E-state index in [9.17, 15) is 14.7 Å². The maximum atomic E-state index is 13.4. The molecular formula is C43H85NO3. The summed E-state index contributed by atoms with van der Waals surface area (Å²) >= 11 is 0. The van der Waals surface area contributed by atoms with Crippen molar-refractivity contribution in [2.45, 2.75) is 246 Å². The highest BCUT2D eigenvalue weighted by atomic mass is 16.3. The van der Waals surface area contributed by atoms with Gasteiger partial charge in [0.1, 0.15) is 11.6 Å². The van der Waals surface area contributed by atoms with Gasteiger partial charge in [-0.1, -0.05) is 207 Å². The van der Waals surface area contributed by atoms with Gasteiger partial charge in [0.15, 0.2) is 0 Å². The zero-order valence-electron chi connectivity index (χ0n) is 32.5. The number of hydrogen-bond donors (Lipinski definition) is 2. The lowest BCUT2D eigenvalue weighted by atomic mass is 9.68. The lowest BCUT2D eigenvalue weighted by molar-refractivity contribution is -0.134. The number of Topliss-reactive ketones (excluding diaryl/α,β-unsaturated/α-hetero) is 2. The molecule has 47 heavy (non-hydrogen) atoms. The lowest BCUT2D eigenvalue weighted by Gasteiger charge is -2.36. The van der Waals surface area contributed by atoms with Crippen LogP contribution < -0.4 is 5.73 Å². The molecule has 0 bridgehead atoms. The fraction of sp³-hybridized carbons (Fsp3) is 0.953. The van der Waals surface area contributed by atoms with Crippen molar-refractivity contribution in [3.63, 3.8) is 0 Å². The average molecular weight is 664 g/mol. The summed E-state index contributed by atoms with van der Waals surface area (Å²) in [5, 5.41) is 9.68. The fourth-order valence-electron chi connectivity index (χ4n) is 7.41. The number of ketones is 2. The minimum atomic E-state index is -0.757. The van der Waals surface area contributed by atoms with Crippen LogP contribution in [0.5, 0.6) is 0 Å². The largest absolute Gasteiger partial charge is 0.396 e. The van der Waals surface area contributed by atoms with Gasteiger partial charge in [0.25, 0.3) is 0 Å².